The normalized spacial score (nSPS) is 18.4. The van der Waals surface area contributed by atoms with Crippen LogP contribution in [0.5, 0.6) is 0 Å². The third-order valence-corrected chi connectivity index (χ3v) is 4.16. The minimum Gasteiger partial charge on any atom is -0.300 e. The average Bonchev–Trinajstić information content (AvgIpc) is 2.59. The Labute approximate surface area is 118 Å². The summed E-state index contributed by atoms with van der Waals surface area (Å²) in [6, 6.07) is 0. The van der Waals surface area contributed by atoms with Crippen molar-refractivity contribution in [2.75, 3.05) is 38.6 Å². The number of alkyl halides is 1. The first kappa shape index (κ1) is 14.1. The number of rotatable bonds is 4. The van der Waals surface area contributed by atoms with Crippen molar-refractivity contribution in [1.82, 2.24) is 19.6 Å². The van der Waals surface area contributed by atoms with Gasteiger partial charge in [0.15, 0.2) is 0 Å². The summed E-state index contributed by atoms with van der Waals surface area (Å²) in [4.78, 5) is 4.84. The Balaban J connectivity index is 1.91. The molecule has 0 N–H and O–H groups in total. The highest BCUT2D eigenvalue weighted by Crippen LogP contribution is 2.21. The molecular formula is C12H20Cl2N4. The van der Waals surface area contributed by atoms with Crippen LogP contribution in [0.2, 0.25) is 5.15 Å². The molecule has 6 heteroatoms. The molecule has 1 saturated heterocycles. The lowest BCUT2D eigenvalue weighted by Gasteiger charge is -2.34. The van der Waals surface area contributed by atoms with Gasteiger partial charge >= 0.3 is 0 Å². The first-order valence-corrected chi connectivity index (χ1v) is 7.21. The van der Waals surface area contributed by atoms with Crippen molar-refractivity contribution in [3.8, 4) is 0 Å². The van der Waals surface area contributed by atoms with E-state index in [0.717, 1.165) is 55.7 Å². The number of aromatic nitrogens is 2. The van der Waals surface area contributed by atoms with Gasteiger partial charge in [-0.3, -0.25) is 14.5 Å². The lowest BCUT2D eigenvalue weighted by atomic mass is 10.2. The van der Waals surface area contributed by atoms with Gasteiger partial charge in [0.05, 0.1) is 5.69 Å². The number of aryl methyl sites for hydroxylation is 2. The fraction of sp³-hybridized carbons (Fsp3) is 0.750. The Morgan fingerprint density at radius 1 is 1.17 bits per heavy atom. The molecule has 0 aromatic carbocycles. The van der Waals surface area contributed by atoms with E-state index in [9.17, 15) is 0 Å². The molecule has 0 atom stereocenters. The Kier molecular flexibility index (Phi) is 4.90. The van der Waals surface area contributed by atoms with Crippen LogP contribution < -0.4 is 0 Å². The van der Waals surface area contributed by atoms with Crippen LogP contribution >= 0.6 is 23.2 Å². The maximum absolute atomic E-state index is 6.26. The molecule has 18 heavy (non-hydrogen) atoms. The lowest BCUT2D eigenvalue weighted by molar-refractivity contribution is 0.132. The van der Waals surface area contributed by atoms with E-state index < -0.39 is 0 Å². The highest BCUT2D eigenvalue weighted by atomic mass is 35.5. The van der Waals surface area contributed by atoms with Crippen molar-refractivity contribution < 1.29 is 0 Å². The van der Waals surface area contributed by atoms with Gasteiger partial charge in [-0.1, -0.05) is 11.6 Å². The monoisotopic (exact) mass is 290 g/mol. The Bertz CT molecular complexity index is 397. The molecule has 1 aliphatic heterocycles. The highest BCUT2D eigenvalue weighted by molar-refractivity contribution is 6.30. The Morgan fingerprint density at radius 2 is 1.78 bits per heavy atom. The summed E-state index contributed by atoms with van der Waals surface area (Å²) in [5.41, 5.74) is 2.19. The molecule has 0 saturated carbocycles. The van der Waals surface area contributed by atoms with E-state index in [1.165, 1.54) is 0 Å². The van der Waals surface area contributed by atoms with E-state index in [1.54, 1.807) is 4.68 Å². The number of hydrogen-bond acceptors (Lipinski definition) is 3. The van der Waals surface area contributed by atoms with Crippen molar-refractivity contribution >= 4 is 23.2 Å². The van der Waals surface area contributed by atoms with E-state index in [4.69, 9.17) is 23.2 Å². The number of halogens is 2. The van der Waals surface area contributed by atoms with E-state index >= 15 is 0 Å². The van der Waals surface area contributed by atoms with Crippen LogP contribution in [0.15, 0.2) is 0 Å². The first-order chi connectivity index (χ1) is 8.61. The van der Waals surface area contributed by atoms with Gasteiger partial charge in [-0.2, -0.15) is 5.10 Å². The van der Waals surface area contributed by atoms with E-state index in [-0.39, 0.29) is 0 Å². The van der Waals surface area contributed by atoms with Crippen LogP contribution in [-0.4, -0.2) is 58.2 Å². The summed E-state index contributed by atoms with van der Waals surface area (Å²) in [5, 5.41) is 5.11. The van der Waals surface area contributed by atoms with Crippen LogP contribution in [0.3, 0.4) is 0 Å². The molecule has 0 spiro atoms. The van der Waals surface area contributed by atoms with Gasteiger partial charge in [0.2, 0.25) is 0 Å². The average molecular weight is 291 g/mol. The molecule has 102 valence electrons. The molecule has 0 amide bonds. The van der Waals surface area contributed by atoms with Gasteiger partial charge in [0.1, 0.15) is 5.15 Å². The molecule has 0 unspecified atom stereocenters. The van der Waals surface area contributed by atoms with Gasteiger partial charge in [0, 0.05) is 57.8 Å². The minimum absolute atomic E-state index is 0.716. The Morgan fingerprint density at radius 3 is 2.28 bits per heavy atom. The molecule has 1 fully saturated rings. The zero-order valence-corrected chi connectivity index (χ0v) is 12.5. The number of piperazine rings is 1. The highest BCUT2D eigenvalue weighted by Gasteiger charge is 2.19. The molecular weight excluding hydrogens is 271 g/mol. The molecule has 0 radical (unpaired) electrons. The SMILES string of the molecule is Cc1nn(C)c(Cl)c1CN1CCN(CCCl)CC1. The standard InChI is InChI=1S/C12H20Cl2N4/c1-10-11(12(14)16(2)15-10)9-18-7-5-17(4-3-13)6-8-18/h3-9H2,1-2H3. The summed E-state index contributed by atoms with van der Waals surface area (Å²) < 4.78 is 1.75. The minimum atomic E-state index is 0.716. The van der Waals surface area contributed by atoms with Gasteiger partial charge in [-0.15, -0.1) is 11.6 Å². The van der Waals surface area contributed by atoms with Crippen molar-refractivity contribution in [3.63, 3.8) is 0 Å². The predicted octanol–water partition coefficient (Wildman–Crippen LogP) is 1.74. The van der Waals surface area contributed by atoms with Gasteiger partial charge in [-0.05, 0) is 6.92 Å². The molecule has 2 rings (SSSR count). The van der Waals surface area contributed by atoms with Crippen LogP contribution in [0, 0.1) is 6.92 Å². The second-order valence-corrected chi connectivity index (χ2v) is 5.52. The summed E-state index contributed by atoms with van der Waals surface area (Å²) in [5.74, 6) is 0.716. The Hall–Kier alpha value is -0.290. The summed E-state index contributed by atoms with van der Waals surface area (Å²) in [6.45, 7) is 8.22. The molecule has 0 bridgehead atoms. The summed E-state index contributed by atoms with van der Waals surface area (Å²) >= 11 is 12.0. The summed E-state index contributed by atoms with van der Waals surface area (Å²) in [6.07, 6.45) is 0. The zero-order chi connectivity index (χ0) is 13.1. The molecule has 4 nitrogen and oxygen atoms in total. The van der Waals surface area contributed by atoms with E-state index in [2.05, 4.69) is 14.9 Å². The topological polar surface area (TPSA) is 24.3 Å². The van der Waals surface area contributed by atoms with E-state index in [0.29, 0.717) is 5.88 Å². The van der Waals surface area contributed by atoms with Crippen molar-refractivity contribution in [3.05, 3.63) is 16.4 Å². The maximum atomic E-state index is 6.26. The second-order valence-electron chi connectivity index (χ2n) is 4.79. The fourth-order valence-corrected chi connectivity index (χ4v) is 2.84. The van der Waals surface area contributed by atoms with Gasteiger partial charge in [0.25, 0.3) is 0 Å². The van der Waals surface area contributed by atoms with Crippen LogP contribution in [0.4, 0.5) is 0 Å². The van der Waals surface area contributed by atoms with Crippen molar-refractivity contribution in [1.29, 1.82) is 0 Å². The molecule has 1 aliphatic rings. The molecule has 1 aromatic rings. The van der Waals surface area contributed by atoms with Crippen LogP contribution in [0.1, 0.15) is 11.3 Å². The van der Waals surface area contributed by atoms with Gasteiger partial charge < -0.3 is 0 Å². The van der Waals surface area contributed by atoms with Gasteiger partial charge in [-0.25, -0.2) is 0 Å². The largest absolute Gasteiger partial charge is 0.300 e. The van der Waals surface area contributed by atoms with Crippen LogP contribution in [-0.2, 0) is 13.6 Å². The maximum Gasteiger partial charge on any atom is 0.131 e. The number of nitrogens with zero attached hydrogens (tertiary/aromatic N) is 4. The molecule has 2 heterocycles. The fourth-order valence-electron chi connectivity index (χ4n) is 2.37. The van der Waals surface area contributed by atoms with E-state index in [1.807, 2.05) is 14.0 Å². The van der Waals surface area contributed by atoms with Crippen molar-refractivity contribution in [2.45, 2.75) is 13.5 Å². The molecule has 0 aliphatic carbocycles. The smallest absolute Gasteiger partial charge is 0.131 e. The second kappa shape index (κ2) is 6.24. The molecule has 1 aromatic heterocycles. The number of hydrogen-bond donors (Lipinski definition) is 0. The predicted molar refractivity (Wildman–Crippen MR) is 75.4 cm³/mol. The quantitative estimate of drug-likeness (QED) is 0.790. The third-order valence-electron chi connectivity index (χ3n) is 3.52. The third kappa shape index (κ3) is 3.18. The zero-order valence-electron chi connectivity index (χ0n) is 11.0. The lowest BCUT2D eigenvalue weighted by Crippen LogP contribution is -2.46. The van der Waals surface area contributed by atoms with Crippen LogP contribution in [0.25, 0.3) is 0 Å². The first-order valence-electron chi connectivity index (χ1n) is 6.30. The van der Waals surface area contributed by atoms with Crippen molar-refractivity contribution in [2.24, 2.45) is 7.05 Å². The summed E-state index contributed by atoms with van der Waals surface area (Å²) in [7, 11) is 1.89.